The van der Waals surface area contributed by atoms with Crippen LogP contribution in [0.3, 0.4) is 0 Å². The van der Waals surface area contributed by atoms with Gasteiger partial charge in [0.2, 0.25) is 0 Å². The molecule has 2 aromatic carbocycles. The minimum Gasteiger partial charge on any atom is -0.317 e. The largest absolute Gasteiger partial charge is 0.317 e. The maximum absolute atomic E-state index is 13.9. The molecule has 1 aliphatic rings. The van der Waals surface area contributed by atoms with E-state index >= 15 is 0 Å². The molecule has 0 amide bonds. The monoisotopic (exact) mass is 454 g/mol. The Balaban J connectivity index is 2.07. The fraction of sp³-hybridized carbons (Fsp3) is 0. The van der Waals surface area contributed by atoms with Gasteiger partial charge in [0.05, 0.1) is 9.79 Å². The van der Waals surface area contributed by atoms with E-state index < -0.39 is 67.7 Å². The summed E-state index contributed by atoms with van der Waals surface area (Å²) in [4.78, 5) is -1.42. The molecule has 2 N–H and O–H groups in total. The van der Waals surface area contributed by atoms with Crippen LogP contribution in [-0.2, 0) is 0 Å². The number of fused-ring (bicyclic) bond motifs is 2. The van der Waals surface area contributed by atoms with Gasteiger partial charge in [-0.05, 0) is 21.6 Å². The third-order valence-corrected chi connectivity index (χ3v) is 6.83. The number of anilines is 2. The van der Waals surface area contributed by atoms with Gasteiger partial charge in [-0.15, -0.1) is 0 Å². The van der Waals surface area contributed by atoms with Crippen molar-refractivity contribution in [1.82, 2.24) is 0 Å². The van der Waals surface area contributed by atoms with Crippen LogP contribution in [0.4, 0.5) is 46.5 Å². The molecule has 1 heterocycles. The van der Waals surface area contributed by atoms with E-state index in [0.717, 1.165) is 0 Å². The summed E-state index contributed by atoms with van der Waals surface area (Å²) in [5.41, 5.74) is -1.57. The molecule has 2 aromatic rings. The minimum absolute atomic E-state index is 0.291. The summed E-state index contributed by atoms with van der Waals surface area (Å²) in [6.07, 6.45) is 0. The van der Waals surface area contributed by atoms with Gasteiger partial charge in [-0.25, -0.2) is 35.1 Å². The van der Waals surface area contributed by atoms with Gasteiger partial charge in [0.25, 0.3) is 0 Å². The van der Waals surface area contributed by atoms with Crippen LogP contribution in [0.2, 0.25) is 0 Å². The summed E-state index contributed by atoms with van der Waals surface area (Å²) in [6, 6.07) is 0. The standard InChI is InChI=1S/C12H2F8N2S4/c13-1-3(15)7(19)11-9(5(1)17)21-25-24-12-8(20)4(16)2(14)6(18)10(12)22-26-23-11/h21-22H. The van der Waals surface area contributed by atoms with E-state index in [1.54, 1.807) is 0 Å². The first-order valence-electron chi connectivity index (χ1n) is 6.16. The molecule has 0 atom stereocenters. The Morgan fingerprint density at radius 1 is 0.423 bits per heavy atom. The zero-order chi connectivity index (χ0) is 19.2. The lowest BCUT2D eigenvalue weighted by molar-refractivity contribution is 0.401. The van der Waals surface area contributed by atoms with Crippen molar-refractivity contribution in [2.45, 2.75) is 9.79 Å². The Kier molecular flexibility index (Phi) is 5.65. The van der Waals surface area contributed by atoms with E-state index in [0.29, 0.717) is 43.5 Å². The summed E-state index contributed by atoms with van der Waals surface area (Å²) in [5.74, 6) is -15.2. The Hall–Kier alpha value is -1.12. The van der Waals surface area contributed by atoms with E-state index in [1.165, 1.54) is 0 Å². The summed E-state index contributed by atoms with van der Waals surface area (Å²) in [7, 11) is 1.23. The molecule has 0 spiro atoms. The van der Waals surface area contributed by atoms with Crippen LogP contribution in [-0.4, -0.2) is 0 Å². The van der Waals surface area contributed by atoms with Crippen LogP contribution < -0.4 is 9.44 Å². The van der Waals surface area contributed by atoms with E-state index in [1.807, 2.05) is 0 Å². The number of nitrogens with one attached hydrogen (secondary N) is 2. The Morgan fingerprint density at radius 3 is 1.08 bits per heavy atom. The summed E-state index contributed by atoms with van der Waals surface area (Å²) in [6.45, 7) is 0. The molecule has 0 unspecified atom stereocenters. The highest BCUT2D eigenvalue weighted by Crippen LogP contribution is 2.49. The minimum atomic E-state index is -2.07. The maximum atomic E-state index is 13.9. The smallest absolute Gasteiger partial charge is 0.199 e. The number of rotatable bonds is 0. The highest BCUT2D eigenvalue weighted by molar-refractivity contribution is 8.78. The van der Waals surface area contributed by atoms with Crippen molar-refractivity contribution < 1.29 is 35.1 Å². The van der Waals surface area contributed by atoms with Crippen LogP contribution in [0.15, 0.2) is 9.79 Å². The topological polar surface area (TPSA) is 24.1 Å². The number of halogens is 8. The highest BCUT2D eigenvalue weighted by Gasteiger charge is 2.30. The van der Waals surface area contributed by atoms with E-state index in [-0.39, 0.29) is 0 Å². The van der Waals surface area contributed by atoms with Gasteiger partial charge in [-0.2, -0.15) is 0 Å². The first-order valence-corrected chi connectivity index (χ1v) is 10.5. The molecule has 2 nitrogen and oxygen atoms in total. The van der Waals surface area contributed by atoms with Crippen LogP contribution in [0, 0.1) is 46.5 Å². The highest BCUT2D eigenvalue weighted by atomic mass is 33.1. The molecule has 14 heteroatoms. The number of hydrogen-bond acceptors (Lipinski definition) is 6. The average molecular weight is 454 g/mol. The zero-order valence-corrected chi connectivity index (χ0v) is 14.9. The van der Waals surface area contributed by atoms with Crippen LogP contribution >= 0.6 is 43.5 Å². The molecule has 26 heavy (non-hydrogen) atoms. The first kappa shape index (κ1) is 19.6. The predicted octanol–water partition coefficient (Wildman–Crippen LogP) is 6.65. The average Bonchev–Trinajstić information content (AvgIpc) is 2.64. The van der Waals surface area contributed by atoms with Crippen molar-refractivity contribution >= 4 is 54.9 Å². The second-order valence-corrected chi connectivity index (χ2v) is 8.35. The van der Waals surface area contributed by atoms with E-state index in [9.17, 15) is 35.1 Å². The normalized spacial score (nSPS) is 14.2. The molecular weight excluding hydrogens is 452 g/mol. The first-order chi connectivity index (χ1) is 12.3. The van der Waals surface area contributed by atoms with Crippen molar-refractivity contribution in [2.24, 2.45) is 0 Å². The number of hydrogen-bond donors (Lipinski definition) is 2. The molecule has 0 saturated carbocycles. The summed E-state index contributed by atoms with van der Waals surface area (Å²) >= 11 is 0. The molecule has 0 fully saturated rings. The van der Waals surface area contributed by atoms with Crippen LogP contribution in [0.1, 0.15) is 0 Å². The predicted molar refractivity (Wildman–Crippen MR) is 86.7 cm³/mol. The third kappa shape index (κ3) is 3.16. The molecule has 0 saturated heterocycles. The molecular formula is C12H2F8N2S4. The van der Waals surface area contributed by atoms with Crippen molar-refractivity contribution in [3.05, 3.63) is 46.5 Å². The van der Waals surface area contributed by atoms with Crippen molar-refractivity contribution in [3.8, 4) is 0 Å². The van der Waals surface area contributed by atoms with Gasteiger partial charge in [-0.1, -0.05) is 0 Å². The Bertz CT molecular complexity index is 767. The molecule has 0 aliphatic carbocycles. The van der Waals surface area contributed by atoms with Gasteiger partial charge in [-0.3, -0.25) is 0 Å². The van der Waals surface area contributed by atoms with Gasteiger partial charge in [0.1, 0.15) is 11.4 Å². The lowest BCUT2D eigenvalue weighted by Gasteiger charge is -2.18. The quantitative estimate of drug-likeness (QED) is 0.152. The molecule has 0 radical (unpaired) electrons. The second-order valence-electron chi connectivity index (χ2n) is 4.46. The summed E-state index contributed by atoms with van der Waals surface area (Å²) in [5, 5.41) is 0. The van der Waals surface area contributed by atoms with Crippen molar-refractivity contribution in [2.75, 3.05) is 9.44 Å². The van der Waals surface area contributed by atoms with Crippen molar-refractivity contribution in [1.29, 1.82) is 0 Å². The lowest BCUT2D eigenvalue weighted by Crippen LogP contribution is -2.06. The second kappa shape index (κ2) is 7.48. The fourth-order valence-corrected chi connectivity index (χ4v) is 5.66. The van der Waals surface area contributed by atoms with E-state index in [4.69, 9.17) is 0 Å². The van der Waals surface area contributed by atoms with Crippen LogP contribution in [0.5, 0.6) is 0 Å². The Labute approximate surface area is 155 Å². The molecule has 140 valence electrons. The molecule has 0 aromatic heterocycles. The lowest BCUT2D eigenvalue weighted by atomic mass is 10.2. The van der Waals surface area contributed by atoms with Gasteiger partial charge < -0.3 is 9.44 Å². The van der Waals surface area contributed by atoms with Crippen molar-refractivity contribution in [3.63, 3.8) is 0 Å². The maximum Gasteiger partial charge on any atom is 0.199 e. The van der Waals surface area contributed by atoms with Gasteiger partial charge in [0.15, 0.2) is 46.5 Å². The van der Waals surface area contributed by atoms with E-state index in [2.05, 4.69) is 9.44 Å². The molecule has 3 rings (SSSR count). The number of benzene rings is 2. The van der Waals surface area contributed by atoms with Crippen LogP contribution in [0.25, 0.3) is 0 Å². The third-order valence-electron chi connectivity index (χ3n) is 2.99. The fourth-order valence-electron chi connectivity index (χ4n) is 1.77. The molecule has 0 bridgehead atoms. The molecule has 1 aliphatic heterocycles. The Morgan fingerprint density at radius 2 is 0.731 bits per heavy atom. The summed E-state index contributed by atoms with van der Waals surface area (Å²) < 4.78 is 113. The zero-order valence-electron chi connectivity index (χ0n) is 11.7. The van der Waals surface area contributed by atoms with Gasteiger partial charge >= 0.3 is 0 Å². The SMILES string of the molecule is Fc1c(F)c(F)c2c(c1F)NSSc1c(F)c(F)c(F)c(F)c1NSS2. The van der Waals surface area contributed by atoms with Gasteiger partial charge in [0, 0.05) is 22.0 Å².